The third-order valence-corrected chi connectivity index (χ3v) is 12.3. The van der Waals surface area contributed by atoms with Gasteiger partial charge in [0, 0.05) is 60.3 Å². The molecule has 6 nitrogen and oxygen atoms in total. The van der Waals surface area contributed by atoms with Crippen LogP contribution in [0, 0.1) is 0 Å². The van der Waals surface area contributed by atoms with Crippen molar-refractivity contribution >= 4 is 65.6 Å². The summed E-state index contributed by atoms with van der Waals surface area (Å²) in [6.45, 7) is 0. The Morgan fingerprint density at radius 2 is 0.841 bits per heavy atom. The number of fused-ring (bicyclic) bond motifs is 12. The van der Waals surface area contributed by atoms with Gasteiger partial charge in [0.2, 0.25) is 0 Å². The van der Waals surface area contributed by atoms with Crippen molar-refractivity contribution in [3.05, 3.63) is 212 Å². The number of furan rings is 1. The molecule has 0 aliphatic heterocycles. The molecular weight excluding hydrogens is 771 g/mol. The van der Waals surface area contributed by atoms with Gasteiger partial charge in [-0.3, -0.25) is 0 Å². The maximum Gasteiger partial charge on any atom is 0.164 e. The van der Waals surface area contributed by atoms with E-state index in [0.717, 1.165) is 105 Å². The fourth-order valence-corrected chi connectivity index (χ4v) is 9.64. The number of hydrogen-bond acceptors (Lipinski definition) is 4. The van der Waals surface area contributed by atoms with Gasteiger partial charge >= 0.3 is 0 Å². The number of aromatic nitrogens is 5. The van der Waals surface area contributed by atoms with E-state index in [2.05, 4.69) is 161 Å². The second-order valence-electron chi connectivity index (χ2n) is 15.9. The van der Waals surface area contributed by atoms with Gasteiger partial charge in [-0.2, -0.15) is 0 Å². The normalized spacial score (nSPS) is 11.8. The third kappa shape index (κ3) is 5.41. The minimum atomic E-state index is 0.605. The van der Waals surface area contributed by atoms with Crippen LogP contribution in [0.15, 0.2) is 217 Å². The van der Waals surface area contributed by atoms with Crippen LogP contribution in [0.25, 0.3) is 122 Å². The Morgan fingerprint density at radius 1 is 0.349 bits per heavy atom. The van der Waals surface area contributed by atoms with E-state index in [0.29, 0.717) is 17.5 Å². The molecule has 4 heterocycles. The fourth-order valence-electron chi connectivity index (χ4n) is 9.64. The number of rotatable bonds is 6. The molecule has 0 fully saturated rings. The van der Waals surface area contributed by atoms with Crippen LogP contribution < -0.4 is 0 Å². The Balaban J connectivity index is 1.18. The summed E-state index contributed by atoms with van der Waals surface area (Å²) >= 11 is 0. The highest BCUT2D eigenvalue weighted by Gasteiger charge is 2.28. The highest BCUT2D eigenvalue weighted by molar-refractivity contribution is 6.39. The molecule has 13 rings (SSSR count). The Kier molecular flexibility index (Phi) is 7.80. The number of benzene rings is 9. The predicted octanol–water partition coefficient (Wildman–Crippen LogP) is 14.6. The van der Waals surface area contributed by atoms with E-state index >= 15 is 0 Å². The summed E-state index contributed by atoms with van der Waals surface area (Å²) in [5, 5.41) is 6.79. The molecule has 0 saturated carbocycles. The molecule has 0 spiro atoms. The Labute approximate surface area is 361 Å². The minimum absolute atomic E-state index is 0.605. The zero-order chi connectivity index (χ0) is 41.4. The SMILES string of the molecule is c1ccc(-c2nc(-c3ccccc3)nc(-c3ccc(-n4c5ccccc5c5c6c7ccccc7oc6c6c(c7ccccc7n6-c6ccccc6)c54)c(-c4ccccc4)c3)n2)cc1. The molecule has 0 unspecified atom stereocenters. The Bertz CT molecular complexity index is 3830. The molecule has 0 radical (unpaired) electrons. The first kappa shape index (κ1) is 35.2. The number of hydrogen-bond donors (Lipinski definition) is 0. The molecule has 9 aromatic carbocycles. The van der Waals surface area contributed by atoms with Crippen molar-refractivity contribution in [1.29, 1.82) is 0 Å². The first-order valence-electron chi connectivity index (χ1n) is 21.2. The third-order valence-electron chi connectivity index (χ3n) is 12.3. The lowest BCUT2D eigenvalue weighted by atomic mass is 9.99. The summed E-state index contributed by atoms with van der Waals surface area (Å²) in [4.78, 5) is 15.3. The van der Waals surface area contributed by atoms with Gasteiger partial charge in [-0.15, -0.1) is 0 Å². The van der Waals surface area contributed by atoms with Crippen LogP contribution >= 0.6 is 0 Å². The molecule has 294 valence electrons. The second kappa shape index (κ2) is 14.0. The molecule has 6 heteroatoms. The van der Waals surface area contributed by atoms with Crippen molar-refractivity contribution in [1.82, 2.24) is 24.1 Å². The van der Waals surface area contributed by atoms with Gasteiger partial charge in [0.05, 0.1) is 27.8 Å². The molecule has 63 heavy (non-hydrogen) atoms. The van der Waals surface area contributed by atoms with E-state index in [-0.39, 0.29) is 0 Å². The molecule has 0 atom stereocenters. The van der Waals surface area contributed by atoms with Crippen molar-refractivity contribution in [2.24, 2.45) is 0 Å². The lowest BCUT2D eigenvalue weighted by Gasteiger charge is -2.17. The van der Waals surface area contributed by atoms with Crippen LogP contribution in [0.3, 0.4) is 0 Å². The lowest BCUT2D eigenvalue weighted by molar-refractivity contribution is 0.671. The molecule has 0 aliphatic carbocycles. The van der Waals surface area contributed by atoms with Gasteiger partial charge in [0.1, 0.15) is 5.58 Å². The van der Waals surface area contributed by atoms with Gasteiger partial charge in [-0.05, 0) is 54.1 Å². The molecule has 0 N–H and O–H groups in total. The lowest BCUT2D eigenvalue weighted by Crippen LogP contribution is -2.02. The summed E-state index contributed by atoms with van der Waals surface area (Å²) < 4.78 is 11.9. The van der Waals surface area contributed by atoms with Crippen LogP contribution in [0.4, 0.5) is 0 Å². The second-order valence-corrected chi connectivity index (χ2v) is 15.9. The largest absolute Gasteiger partial charge is 0.454 e. The molecule has 0 aliphatic rings. The van der Waals surface area contributed by atoms with E-state index in [4.69, 9.17) is 19.4 Å². The topological polar surface area (TPSA) is 61.7 Å². The average Bonchev–Trinajstić information content (AvgIpc) is 4.03. The summed E-state index contributed by atoms with van der Waals surface area (Å²) in [7, 11) is 0. The summed E-state index contributed by atoms with van der Waals surface area (Å²) in [6, 6.07) is 74.2. The zero-order valence-electron chi connectivity index (χ0n) is 33.9. The van der Waals surface area contributed by atoms with E-state index < -0.39 is 0 Å². The summed E-state index contributed by atoms with van der Waals surface area (Å²) in [5.41, 5.74) is 13.1. The number of para-hydroxylation sites is 4. The van der Waals surface area contributed by atoms with Gasteiger partial charge in [-0.1, -0.05) is 164 Å². The van der Waals surface area contributed by atoms with Crippen molar-refractivity contribution in [3.8, 4) is 56.7 Å². The summed E-state index contributed by atoms with van der Waals surface area (Å²) in [5.74, 6) is 1.86. The van der Waals surface area contributed by atoms with Gasteiger partial charge in [0.25, 0.3) is 0 Å². The van der Waals surface area contributed by atoms with E-state index in [1.807, 2.05) is 60.7 Å². The van der Waals surface area contributed by atoms with Crippen LogP contribution in [0.5, 0.6) is 0 Å². The number of nitrogens with zero attached hydrogens (tertiary/aromatic N) is 5. The molecular formula is C57H35N5O. The quantitative estimate of drug-likeness (QED) is 0.168. The predicted molar refractivity (Wildman–Crippen MR) is 258 cm³/mol. The van der Waals surface area contributed by atoms with Crippen molar-refractivity contribution in [2.45, 2.75) is 0 Å². The fraction of sp³-hybridized carbons (Fsp3) is 0. The van der Waals surface area contributed by atoms with Crippen molar-refractivity contribution in [2.75, 3.05) is 0 Å². The molecule has 0 amide bonds. The van der Waals surface area contributed by atoms with Crippen molar-refractivity contribution in [3.63, 3.8) is 0 Å². The molecule has 4 aromatic heterocycles. The molecule has 0 saturated heterocycles. The van der Waals surface area contributed by atoms with Crippen LogP contribution in [-0.2, 0) is 0 Å². The minimum Gasteiger partial charge on any atom is -0.454 e. The highest BCUT2D eigenvalue weighted by Crippen LogP contribution is 2.50. The highest BCUT2D eigenvalue weighted by atomic mass is 16.3. The van der Waals surface area contributed by atoms with Crippen LogP contribution in [0.1, 0.15) is 0 Å². The monoisotopic (exact) mass is 805 g/mol. The van der Waals surface area contributed by atoms with Crippen LogP contribution in [0.2, 0.25) is 0 Å². The van der Waals surface area contributed by atoms with E-state index in [9.17, 15) is 0 Å². The maximum absolute atomic E-state index is 7.02. The molecule has 0 bridgehead atoms. The zero-order valence-corrected chi connectivity index (χ0v) is 33.9. The van der Waals surface area contributed by atoms with Crippen molar-refractivity contribution < 1.29 is 4.42 Å². The van der Waals surface area contributed by atoms with E-state index in [1.54, 1.807) is 0 Å². The maximum atomic E-state index is 7.02. The van der Waals surface area contributed by atoms with Crippen LogP contribution in [-0.4, -0.2) is 24.1 Å². The Morgan fingerprint density at radius 3 is 1.48 bits per heavy atom. The summed E-state index contributed by atoms with van der Waals surface area (Å²) in [6.07, 6.45) is 0. The van der Waals surface area contributed by atoms with Gasteiger partial charge < -0.3 is 13.6 Å². The smallest absolute Gasteiger partial charge is 0.164 e. The average molecular weight is 806 g/mol. The first-order chi connectivity index (χ1) is 31.3. The first-order valence-corrected chi connectivity index (χ1v) is 21.2. The Hall–Kier alpha value is -8.61. The standard InChI is InChI=1S/C57H35N5O/c1-5-19-36(20-6-1)44-35-39(57-59-55(37-21-7-2-8-22-37)58-56(60-57)38-23-9-3-10-24-38)33-34-47(44)62-46-31-17-13-27-41(46)49-50-43-29-15-18-32-48(43)63-54(50)53-51(52(49)62)42-28-14-16-30-45(42)61(53)40-25-11-4-12-26-40/h1-35H. The van der Waals surface area contributed by atoms with E-state index in [1.165, 1.54) is 0 Å². The molecule has 13 aromatic rings. The van der Waals surface area contributed by atoms with Gasteiger partial charge in [0.15, 0.2) is 23.1 Å². The van der Waals surface area contributed by atoms with Gasteiger partial charge in [-0.25, -0.2) is 15.0 Å².